The maximum absolute atomic E-state index is 13.8. The van der Waals surface area contributed by atoms with Crippen LogP contribution in [0.2, 0.25) is 0 Å². The summed E-state index contributed by atoms with van der Waals surface area (Å²) >= 11 is 0. The molecule has 0 fully saturated rings. The number of rotatable bonds is 12. The van der Waals surface area contributed by atoms with E-state index in [0.717, 1.165) is 26.7 Å². The Morgan fingerprint density at radius 3 is 2.38 bits per heavy atom. The number of hydrogen-bond acceptors (Lipinski definition) is 7. The van der Waals surface area contributed by atoms with Crippen molar-refractivity contribution in [1.29, 1.82) is 0 Å². The number of carbonyl (C=O) groups excluding carboxylic acids is 1. The molecular formula is C27H38N4O5S. The lowest BCUT2D eigenvalue weighted by molar-refractivity contribution is 0.0658. The van der Waals surface area contributed by atoms with Crippen molar-refractivity contribution in [3.05, 3.63) is 54.1 Å². The lowest BCUT2D eigenvalue weighted by Crippen LogP contribution is -2.48. The molecule has 0 N–H and O–H groups in total. The van der Waals surface area contributed by atoms with E-state index >= 15 is 0 Å². The van der Waals surface area contributed by atoms with Crippen LogP contribution in [0.5, 0.6) is 0 Å². The van der Waals surface area contributed by atoms with Crippen LogP contribution in [-0.4, -0.2) is 59.2 Å². The van der Waals surface area contributed by atoms with E-state index in [9.17, 15) is 13.2 Å². The Bertz CT molecular complexity index is 1290. The number of fused-ring (bicyclic) bond motifs is 1. The number of nitrogens with zero attached hydrogens (tertiary/aromatic N) is 4. The lowest BCUT2D eigenvalue weighted by atomic mass is 10.0. The first kappa shape index (κ1) is 28.6. The van der Waals surface area contributed by atoms with E-state index < -0.39 is 22.2 Å². The number of hydrogen-bond donors (Lipinski definition) is 0. The minimum absolute atomic E-state index is 0.0272. The van der Waals surface area contributed by atoms with E-state index in [4.69, 9.17) is 9.47 Å². The molecule has 0 aliphatic rings. The topological polar surface area (TPSA) is 104 Å². The van der Waals surface area contributed by atoms with Crippen molar-refractivity contribution in [2.75, 3.05) is 19.8 Å². The fourth-order valence-electron chi connectivity index (χ4n) is 4.14. The van der Waals surface area contributed by atoms with Gasteiger partial charge in [0, 0.05) is 19.3 Å². The molecule has 0 unspecified atom stereocenters. The van der Waals surface area contributed by atoms with Crippen LogP contribution in [-0.2, 0) is 26.0 Å². The smallest absolute Gasteiger partial charge is 0.424 e. The van der Waals surface area contributed by atoms with Gasteiger partial charge in [0.25, 0.3) is 10.0 Å². The van der Waals surface area contributed by atoms with Crippen LogP contribution in [0.4, 0.5) is 4.79 Å². The number of amides is 1. The molecule has 0 bridgehead atoms. The van der Waals surface area contributed by atoms with Crippen LogP contribution in [0.1, 0.15) is 52.4 Å². The summed E-state index contributed by atoms with van der Waals surface area (Å²) in [6.45, 7) is 12.7. The second-order valence-corrected chi connectivity index (χ2v) is 11.8. The van der Waals surface area contributed by atoms with Crippen LogP contribution in [0.25, 0.3) is 11.0 Å². The fourth-order valence-corrected chi connectivity index (χ4v) is 5.63. The number of ether oxygens (including phenoxy) is 2. The van der Waals surface area contributed by atoms with Gasteiger partial charge in [0.2, 0.25) is 0 Å². The van der Waals surface area contributed by atoms with Gasteiger partial charge in [-0.3, -0.25) is 4.98 Å². The molecule has 0 aliphatic heterocycles. The molecule has 202 valence electrons. The molecule has 0 saturated heterocycles. The van der Waals surface area contributed by atoms with Crippen molar-refractivity contribution in [1.82, 2.24) is 18.8 Å². The molecule has 2 aromatic heterocycles. The Kier molecular flexibility index (Phi) is 9.67. The van der Waals surface area contributed by atoms with Crippen molar-refractivity contribution in [2.45, 2.75) is 65.4 Å². The third-order valence-corrected chi connectivity index (χ3v) is 7.70. The standard InChI is InChI=1S/C27H38N4O5S/c1-7-35-18-23(14-19(2)3)31(27(32)36-17-20(4)5)37(33,34)24-10-8-22(9-11-24)16-30-21(6)29-25-15-28-13-12-26(25)30/h8-13,15,19-20,23H,7,14,16-18H2,1-6H3/t23-/m0/s1. The third-order valence-electron chi connectivity index (χ3n) is 5.87. The molecule has 2 heterocycles. The van der Waals surface area contributed by atoms with E-state index in [-0.39, 0.29) is 29.9 Å². The number of imidazole rings is 1. The number of sulfonamides is 1. The van der Waals surface area contributed by atoms with E-state index in [1.54, 1.807) is 24.5 Å². The summed E-state index contributed by atoms with van der Waals surface area (Å²) in [5.41, 5.74) is 2.66. The highest BCUT2D eigenvalue weighted by Crippen LogP contribution is 2.25. The van der Waals surface area contributed by atoms with Gasteiger partial charge in [-0.25, -0.2) is 18.2 Å². The number of pyridine rings is 1. The summed E-state index contributed by atoms with van der Waals surface area (Å²) in [5, 5.41) is 0. The fraction of sp³-hybridized carbons (Fsp3) is 0.519. The van der Waals surface area contributed by atoms with Gasteiger partial charge in [0.15, 0.2) is 0 Å². The predicted octanol–water partition coefficient (Wildman–Crippen LogP) is 5.02. The molecule has 10 heteroatoms. The van der Waals surface area contributed by atoms with Crippen molar-refractivity contribution in [3.63, 3.8) is 0 Å². The summed E-state index contributed by atoms with van der Waals surface area (Å²) in [5.74, 6) is 1.06. The van der Waals surface area contributed by atoms with Gasteiger partial charge < -0.3 is 14.0 Å². The molecule has 0 spiro atoms. The average molecular weight is 531 g/mol. The van der Waals surface area contributed by atoms with Crippen molar-refractivity contribution < 1.29 is 22.7 Å². The normalized spacial score (nSPS) is 12.9. The predicted molar refractivity (Wildman–Crippen MR) is 143 cm³/mol. The molecule has 9 nitrogen and oxygen atoms in total. The van der Waals surface area contributed by atoms with Gasteiger partial charge in [-0.05, 0) is 55.9 Å². The van der Waals surface area contributed by atoms with E-state index in [1.807, 2.05) is 47.6 Å². The zero-order valence-corrected chi connectivity index (χ0v) is 23.4. The van der Waals surface area contributed by atoms with Crippen molar-refractivity contribution in [3.8, 4) is 0 Å². The van der Waals surface area contributed by atoms with E-state index in [0.29, 0.717) is 19.6 Å². The number of benzene rings is 1. The Hall–Kier alpha value is -2.98. The molecule has 3 aromatic rings. The molecule has 3 rings (SSSR count). The first-order valence-corrected chi connectivity index (χ1v) is 14.1. The molecule has 1 amide bonds. The Morgan fingerprint density at radius 1 is 1.05 bits per heavy atom. The highest BCUT2D eigenvalue weighted by atomic mass is 32.2. The lowest BCUT2D eigenvalue weighted by Gasteiger charge is -2.31. The highest BCUT2D eigenvalue weighted by Gasteiger charge is 2.37. The maximum Gasteiger partial charge on any atom is 0.424 e. The number of aryl methyl sites for hydroxylation is 1. The summed E-state index contributed by atoms with van der Waals surface area (Å²) in [6.07, 6.45) is 3.02. The molecule has 0 radical (unpaired) electrons. The third kappa shape index (κ3) is 7.07. The first-order chi connectivity index (χ1) is 17.5. The summed E-state index contributed by atoms with van der Waals surface area (Å²) in [4.78, 5) is 21.8. The number of carbonyl (C=O) groups is 1. The van der Waals surface area contributed by atoms with E-state index in [2.05, 4.69) is 14.5 Å². The van der Waals surface area contributed by atoms with Gasteiger partial charge in [-0.1, -0.05) is 39.8 Å². The Morgan fingerprint density at radius 2 is 1.76 bits per heavy atom. The molecule has 1 atom stereocenters. The molecule has 0 aliphatic carbocycles. The van der Waals surface area contributed by atoms with Gasteiger partial charge in [-0.2, -0.15) is 4.31 Å². The largest absolute Gasteiger partial charge is 0.448 e. The summed E-state index contributed by atoms with van der Waals surface area (Å²) in [6, 6.07) is 7.82. The number of aromatic nitrogens is 3. The van der Waals surface area contributed by atoms with Gasteiger partial charge in [0.05, 0.1) is 35.9 Å². The Labute approximate surface area is 219 Å². The summed E-state index contributed by atoms with van der Waals surface area (Å²) in [7, 11) is -4.19. The minimum atomic E-state index is -4.19. The maximum atomic E-state index is 13.8. The summed E-state index contributed by atoms with van der Waals surface area (Å²) < 4.78 is 41.5. The van der Waals surface area contributed by atoms with Gasteiger partial charge in [0.1, 0.15) is 11.3 Å². The van der Waals surface area contributed by atoms with Crippen LogP contribution < -0.4 is 0 Å². The molecule has 37 heavy (non-hydrogen) atoms. The molecular weight excluding hydrogens is 492 g/mol. The average Bonchev–Trinajstić information content (AvgIpc) is 3.16. The highest BCUT2D eigenvalue weighted by molar-refractivity contribution is 7.89. The van der Waals surface area contributed by atoms with Gasteiger partial charge >= 0.3 is 6.09 Å². The second kappa shape index (κ2) is 12.5. The quantitative estimate of drug-likeness (QED) is 0.324. The first-order valence-electron chi connectivity index (χ1n) is 12.7. The molecule has 0 saturated carbocycles. The van der Waals surface area contributed by atoms with Crippen molar-refractivity contribution >= 4 is 27.1 Å². The van der Waals surface area contributed by atoms with Crippen LogP contribution in [0, 0.1) is 18.8 Å². The zero-order valence-electron chi connectivity index (χ0n) is 22.5. The molecule has 1 aromatic carbocycles. The second-order valence-electron chi connectivity index (χ2n) is 9.97. The van der Waals surface area contributed by atoms with Crippen LogP contribution in [0.3, 0.4) is 0 Å². The van der Waals surface area contributed by atoms with Gasteiger partial charge in [-0.15, -0.1) is 0 Å². The van der Waals surface area contributed by atoms with Crippen LogP contribution >= 0.6 is 0 Å². The monoisotopic (exact) mass is 530 g/mol. The minimum Gasteiger partial charge on any atom is -0.448 e. The Balaban J connectivity index is 1.92. The van der Waals surface area contributed by atoms with Crippen molar-refractivity contribution in [2.24, 2.45) is 11.8 Å². The SMILES string of the molecule is CCOC[C@H](CC(C)C)N(C(=O)OCC(C)C)S(=O)(=O)c1ccc(Cn2c(C)nc3cnccc32)cc1. The zero-order chi connectivity index (χ0) is 27.2. The van der Waals surface area contributed by atoms with Crippen LogP contribution in [0.15, 0.2) is 47.6 Å². The van der Waals surface area contributed by atoms with E-state index in [1.165, 1.54) is 12.1 Å².